The lowest BCUT2D eigenvalue weighted by Gasteiger charge is -2.07. The van der Waals surface area contributed by atoms with Gasteiger partial charge in [-0.3, -0.25) is 4.79 Å². The molecule has 2 aromatic carbocycles. The largest absolute Gasteiger partial charge is 0.490 e. The second-order valence-corrected chi connectivity index (χ2v) is 6.19. The minimum Gasteiger partial charge on any atom is -0.490 e. The molecule has 0 amide bonds. The summed E-state index contributed by atoms with van der Waals surface area (Å²) in [5.41, 5.74) is 2.69. The van der Waals surface area contributed by atoms with E-state index in [1.54, 1.807) is 30.5 Å². The summed E-state index contributed by atoms with van der Waals surface area (Å²) in [4.78, 5) is 16.1. The predicted molar refractivity (Wildman–Crippen MR) is 103 cm³/mol. The molecule has 0 aliphatic heterocycles. The molecule has 0 bridgehead atoms. The number of ether oxygens (including phenoxy) is 2. The van der Waals surface area contributed by atoms with Crippen molar-refractivity contribution in [2.24, 2.45) is 0 Å². The molecule has 6 heteroatoms. The lowest BCUT2D eigenvalue weighted by molar-refractivity contribution is -0.144. The summed E-state index contributed by atoms with van der Waals surface area (Å²) in [7, 11) is 0. The molecule has 0 fully saturated rings. The maximum absolute atomic E-state index is 11.8. The van der Waals surface area contributed by atoms with Gasteiger partial charge in [0, 0.05) is 12.0 Å². The van der Waals surface area contributed by atoms with Crippen LogP contribution < -0.4 is 4.74 Å². The average molecular weight is 376 g/mol. The first kappa shape index (κ1) is 19.2. The highest BCUT2D eigenvalue weighted by Gasteiger charge is 2.10. The zero-order valence-electron chi connectivity index (χ0n) is 15.6. The summed E-state index contributed by atoms with van der Waals surface area (Å²) >= 11 is 0. The number of nitriles is 1. The van der Waals surface area contributed by atoms with E-state index < -0.39 is 0 Å². The van der Waals surface area contributed by atoms with Crippen LogP contribution >= 0.6 is 0 Å². The Morgan fingerprint density at radius 1 is 1.11 bits per heavy atom. The first-order valence-corrected chi connectivity index (χ1v) is 8.94. The summed E-state index contributed by atoms with van der Waals surface area (Å²) in [6, 6.07) is 16.7. The number of esters is 1. The molecule has 0 unspecified atom stereocenters. The highest BCUT2D eigenvalue weighted by atomic mass is 16.6. The van der Waals surface area contributed by atoms with Crippen LogP contribution in [0.25, 0.3) is 11.3 Å². The molecule has 6 nitrogen and oxygen atoms in total. The molecular formula is C22H20N2O4. The summed E-state index contributed by atoms with van der Waals surface area (Å²) in [6.07, 6.45) is 2.22. The van der Waals surface area contributed by atoms with Crippen molar-refractivity contribution in [2.75, 3.05) is 13.2 Å². The van der Waals surface area contributed by atoms with Crippen molar-refractivity contribution < 1.29 is 18.7 Å². The molecular weight excluding hydrogens is 356 g/mol. The number of hydrogen-bond donors (Lipinski definition) is 0. The van der Waals surface area contributed by atoms with E-state index in [2.05, 4.69) is 4.98 Å². The third-order valence-electron chi connectivity index (χ3n) is 4.03. The second-order valence-electron chi connectivity index (χ2n) is 6.19. The Kier molecular flexibility index (Phi) is 6.42. The Balaban J connectivity index is 1.37. The third-order valence-corrected chi connectivity index (χ3v) is 4.03. The number of carbonyl (C=O) groups is 1. The summed E-state index contributed by atoms with van der Waals surface area (Å²) in [5.74, 6) is 1.47. The van der Waals surface area contributed by atoms with Crippen molar-refractivity contribution in [1.29, 1.82) is 5.26 Å². The number of oxazole rings is 1. The van der Waals surface area contributed by atoms with Gasteiger partial charge in [0.1, 0.15) is 19.0 Å². The van der Waals surface area contributed by atoms with Gasteiger partial charge < -0.3 is 13.9 Å². The van der Waals surface area contributed by atoms with Gasteiger partial charge >= 0.3 is 5.97 Å². The van der Waals surface area contributed by atoms with Crippen LogP contribution in [-0.4, -0.2) is 24.2 Å². The van der Waals surface area contributed by atoms with Gasteiger partial charge in [0.05, 0.1) is 24.3 Å². The van der Waals surface area contributed by atoms with E-state index in [4.69, 9.17) is 19.2 Å². The van der Waals surface area contributed by atoms with Gasteiger partial charge in [-0.15, -0.1) is 0 Å². The number of benzene rings is 2. The van der Waals surface area contributed by atoms with E-state index in [0.29, 0.717) is 29.4 Å². The fourth-order valence-corrected chi connectivity index (χ4v) is 2.50. The van der Waals surface area contributed by atoms with Crippen LogP contribution in [0, 0.1) is 18.3 Å². The van der Waals surface area contributed by atoms with E-state index in [1.807, 2.05) is 37.3 Å². The summed E-state index contributed by atoms with van der Waals surface area (Å²) < 4.78 is 16.3. The van der Waals surface area contributed by atoms with Crippen LogP contribution in [0.3, 0.4) is 0 Å². The molecule has 3 rings (SSSR count). The van der Waals surface area contributed by atoms with Crippen LogP contribution in [0.4, 0.5) is 0 Å². The van der Waals surface area contributed by atoms with E-state index in [0.717, 1.165) is 5.56 Å². The van der Waals surface area contributed by atoms with E-state index in [1.165, 1.54) is 5.56 Å². The molecule has 1 aromatic heterocycles. The molecule has 3 aromatic rings. The molecule has 0 atom stereocenters. The third kappa shape index (κ3) is 5.45. The molecule has 0 N–H and O–H groups in total. The molecule has 0 radical (unpaired) electrons. The normalized spacial score (nSPS) is 10.3. The lowest BCUT2D eigenvalue weighted by atomic mass is 10.1. The molecule has 28 heavy (non-hydrogen) atoms. The minimum absolute atomic E-state index is 0.152. The smallest absolute Gasteiger partial charge is 0.306 e. The standard InChI is InChI=1S/C22H20N2O4/c1-16-2-6-18(7-3-16)20-15-24-21(28-20)10-11-22(25)27-13-12-26-19-8-4-17(14-23)5-9-19/h2-9,15H,10-13H2,1H3. The molecule has 0 saturated heterocycles. The van der Waals surface area contributed by atoms with Gasteiger partial charge in [0.2, 0.25) is 0 Å². The lowest BCUT2D eigenvalue weighted by Crippen LogP contribution is -2.12. The van der Waals surface area contributed by atoms with Crippen LogP contribution in [0.2, 0.25) is 0 Å². The molecule has 0 saturated carbocycles. The van der Waals surface area contributed by atoms with Gasteiger partial charge in [-0.2, -0.15) is 5.26 Å². The number of rotatable bonds is 8. The summed E-state index contributed by atoms with van der Waals surface area (Å²) in [5, 5.41) is 8.75. The quantitative estimate of drug-likeness (QED) is 0.435. The van der Waals surface area contributed by atoms with Crippen LogP contribution in [-0.2, 0) is 16.0 Å². The Hall–Kier alpha value is -3.59. The zero-order valence-corrected chi connectivity index (χ0v) is 15.6. The number of hydrogen-bond acceptors (Lipinski definition) is 6. The van der Waals surface area contributed by atoms with E-state index >= 15 is 0 Å². The number of aryl methyl sites for hydroxylation is 2. The SMILES string of the molecule is Cc1ccc(-c2cnc(CCC(=O)OCCOc3ccc(C#N)cc3)o2)cc1. The average Bonchev–Trinajstić information content (AvgIpc) is 3.20. The molecule has 0 aliphatic rings. The Morgan fingerprint density at radius 2 is 1.86 bits per heavy atom. The van der Waals surface area contributed by atoms with E-state index in [9.17, 15) is 4.79 Å². The van der Waals surface area contributed by atoms with Crippen molar-refractivity contribution in [3.63, 3.8) is 0 Å². The van der Waals surface area contributed by atoms with E-state index in [-0.39, 0.29) is 25.6 Å². The van der Waals surface area contributed by atoms with Crippen LogP contribution in [0.5, 0.6) is 5.75 Å². The van der Waals surface area contributed by atoms with Gasteiger partial charge in [-0.1, -0.05) is 29.8 Å². The summed E-state index contributed by atoms with van der Waals surface area (Å²) in [6.45, 7) is 2.42. The van der Waals surface area contributed by atoms with Crippen molar-refractivity contribution >= 4 is 5.97 Å². The molecule has 142 valence electrons. The maximum Gasteiger partial charge on any atom is 0.306 e. The first-order chi connectivity index (χ1) is 13.6. The molecule has 0 aliphatic carbocycles. The second kappa shape index (κ2) is 9.38. The number of nitrogens with zero attached hydrogens (tertiary/aromatic N) is 2. The zero-order chi connectivity index (χ0) is 19.8. The van der Waals surface area contributed by atoms with Gasteiger partial charge in [-0.05, 0) is 31.2 Å². The van der Waals surface area contributed by atoms with Crippen molar-refractivity contribution in [3.8, 4) is 23.1 Å². The minimum atomic E-state index is -0.335. The Morgan fingerprint density at radius 3 is 2.57 bits per heavy atom. The predicted octanol–water partition coefficient (Wildman–Crippen LogP) is 4.08. The molecule has 1 heterocycles. The molecule has 0 spiro atoms. The van der Waals surface area contributed by atoms with Crippen LogP contribution in [0.15, 0.2) is 59.1 Å². The monoisotopic (exact) mass is 376 g/mol. The fraction of sp³-hybridized carbons (Fsp3) is 0.227. The van der Waals surface area contributed by atoms with Gasteiger partial charge in [0.25, 0.3) is 0 Å². The maximum atomic E-state index is 11.8. The van der Waals surface area contributed by atoms with Gasteiger partial charge in [-0.25, -0.2) is 4.98 Å². The van der Waals surface area contributed by atoms with Gasteiger partial charge in [0.15, 0.2) is 11.7 Å². The Bertz CT molecular complexity index is 953. The van der Waals surface area contributed by atoms with Crippen molar-refractivity contribution in [2.45, 2.75) is 19.8 Å². The Labute approximate surface area is 163 Å². The van der Waals surface area contributed by atoms with Crippen molar-refractivity contribution in [1.82, 2.24) is 4.98 Å². The number of aromatic nitrogens is 1. The first-order valence-electron chi connectivity index (χ1n) is 8.94. The highest BCUT2D eigenvalue weighted by Crippen LogP contribution is 2.21. The van der Waals surface area contributed by atoms with Crippen LogP contribution in [0.1, 0.15) is 23.4 Å². The topological polar surface area (TPSA) is 85.4 Å². The number of carbonyl (C=O) groups excluding carboxylic acids is 1. The van der Waals surface area contributed by atoms with Crippen molar-refractivity contribution in [3.05, 3.63) is 71.7 Å². The highest BCUT2D eigenvalue weighted by molar-refractivity contribution is 5.69. The fourth-order valence-electron chi connectivity index (χ4n) is 2.50.